The first kappa shape index (κ1) is 10.8. The Hall–Kier alpha value is -1.23. The highest BCUT2D eigenvalue weighted by Crippen LogP contribution is 2.08. The van der Waals surface area contributed by atoms with Crippen LogP contribution >= 0.6 is 0 Å². The minimum Gasteiger partial charge on any atom is -0.388 e. The molecule has 5 heteroatoms. The molecule has 0 aliphatic carbocycles. The van der Waals surface area contributed by atoms with E-state index in [0.717, 1.165) is 12.4 Å². The quantitative estimate of drug-likeness (QED) is 0.764. The summed E-state index contributed by atoms with van der Waals surface area (Å²) in [5, 5.41) is 12.5. The van der Waals surface area contributed by atoms with Gasteiger partial charge in [0.05, 0.1) is 18.0 Å². The van der Waals surface area contributed by atoms with Gasteiger partial charge in [-0.05, 0) is 13.3 Å². The predicted octanol–water partition coefficient (Wildman–Crippen LogP) is 1.19. The summed E-state index contributed by atoms with van der Waals surface area (Å²) < 4.78 is 12.4. The highest BCUT2D eigenvalue weighted by molar-refractivity contribution is 5.23. The number of rotatable bonds is 4. The molecule has 0 aliphatic heterocycles. The molecule has 1 heterocycles. The normalized spacial score (nSPS) is 14.9. The monoisotopic (exact) mass is 199 g/mol. The molecule has 0 aliphatic rings. The molecule has 1 aromatic heterocycles. The Bertz CT molecular complexity index is 287. The number of halogens is 1. The van der Waals surface area contributed by atoms with Crippen LogP contribution in [0.3, 0.4) is 0 Å². The lowest BCUT2D eigenvalue weighted by atomic mass is 10.0. The molecule has 1 unspecified atom stereocenters. The maximum Gasteiger partial charge on any atom is 0.222 e. The van der Waals surface area contributed by atoms with Crippen molar-refractivity contribution in [1.82, 2.24) is 9.97 Å². The third-order valence-electron chi connectivity index (χ3n) is 2.01. The summed E-state index contributed by atoms with van der Waals surface area (Å²) in [6.07, 6.45) is 2.78. The van der Waals surface area contributed by atoms with E-state index >= 15 is 0 Å². The summed E-state index contributed by atoms with van der Waals surface area (Å²) in [6, 6.07) is 0. The molecule has 0 fully saturated rings. The minimum atomic E-state index is -0.794. The Morgan fingerprint density at radius 3 is 2.57 bits per heavy atom. The number of nitrogens with one attached hydrogen (secondary N) is 1. The summed E-state index contributed by atoms with van der Waals surface area (Å²) in [4.78, 5) is 7.41. The lowest BCUT2D eigenvalue weighted by Gasteiger charge is -2.21. The van der Waals surface area contributed by atoms with Gasteiger partial charge >= 0.3 is 0 Å². The first-order valence-electron chi connectivity index (χ1n) is 4.47. The van der Waals surface area contributed by atoms with Crippen LogP contribution in [0.1, 0.15) is 20.3 Å². The van der Waals surface area contributed by atoms with E-state index in [0.29, 0.717) is 18.9 Å². The molecule has 0 bridgehead atoms. The number of hydrogen-bond acceptors (Lipinski definition) is 4. The van der Waals surface area contributed by atoms with E-state index in [4.69, 9.17) is 0 Å². The van der Waals surface area contributed by atoms with E-state index in [1.165, 1.54) is 0 Å². The SMILES string of the molecule is CCC(C)(O)CNc1ncc(F)cn1. The minimum absolute atomic E-state index is 0.320. The van der Waals surface area contributed by atoms with E-state index in [1.807, 2.05) is 6.92 Å². The van der Waals surface area contributed by atoms with Gasteiger partial charge in [0.1, 0.15) is 0 Å². The van der Waals surface area contributed by atoms with Crippen molar-refractivity contribution in [2.24, 2.45) is 0 Å². The van der Waals surface area contributed by atoms with Gasteiger partial charge in [0.15, 0.2) is 5.82 Å². The maximum atomic E-state index is 12.4. The molecule has 78 valence electrons. The van der Waals surface area contributed by atoms with Gasteiger partial charge < -0.3 is 10.4 Å². The van der Waals surface area contributed by atoms with Crippen molar-refractivity contribution in [2.75, 3.05) is 11.9 Å². The van der Waals surface area contributed by atoms with Gasteiger partial charge in [-0.3, -0.25) is 0 Å². The zero-order valence-corrected chi connectivity index (χ0v) is 8.29. The summed E-state index contributed by atoms with van der Waals surface area (Å²) in [7, 11) is 0. The molecule has 0 spiro atoms. The van der Waals surface area contributed by atoms with Gasteiger partial charge in [-0.25, -0.2) is 14.4 Å². The number of hydrogen-bond donors (Lipinski definition) is 2. The molecule has 0 aromatic carbocycles. The molecule has 0 saturated carbocycles. The molecule has 2 N–H and O–H groups in total. The molecule has 0 saturated heterocycles. The topological polar surface area (TPSA) is 58.0 Å². The van der Waals surface area contributed by atoms with Crippen LogP contribution in [-0.4, -0.2) is 27.2 Å². The van der Waals surface area contributed by atoms with E-state index in [-0.39, 0.29) is 0 Å². The Labute approximate surface area is 82.2 Å². The van der Waals surface area contributed by atoms with Gasteiger partial charge in [0, 0.05) is 6.54 Å². The fourth-order valence-corrected chi connectivity index (χ4v) is 0.798. The Kier molecular flexibility index (Phi) is 3.35. The smallest absolute Gasteiger partial charge is 0.222 e. The Morgan fingerprint density at radius 2 is 2.07 bits per heavy atom. The van der Waals surface area contributed by atoms with Crippen LogP contribution in [0.5, 0.6) is 0 Å². The van der Waals surface area contributed by atoms with Gasteiger partial charge in [0.25, 0.3) is 0 Å². The first-order valence-corrected chi connectivity index (χ1v) is 4.47. The van der Waals surface area contributed by atoms with Crippen LogP contribution in [0.4, 0.5) is 10.3 Å². The van der Waals surface area contributed by atoms with Crippen LogP contribution in [0.25, 0.3) is 0 Å². The average Bonchev–Trinajstić information content (AvgIpc) is 2.17. The fraction of sp³-hybridized carbons (Fsp3) is 0.556. The second kappa shape index (κ2) is 4.32. The molecule has 1 aromatic rings. The maximum absolute atomic E-state index is 12.4. The van der Waals surface area contributed by atoms with E-state index in [2.05, 4.69) is 15.3 Å². The van der Waals surface area contributed by atoms with Crippen LogP contribution in [0, 0.1) is 5.82 Å². The molecule has 0 amide bonds. The van der Waals surface area contributed by atoms with Gasteiger partial charge in [-0.15, -0.1) is 0 Å². The standard InChI is InChI=1S/C9H14FN3O/c1-3-9(2,14)6-13-8-11-4-7(10)5-12-8/h4-5,14H,3,6H2,1-2H3,(H,11,12,13). The summed E-state index contributed by atoms with van der Waals surface area (Å²) in [5.74, 6) is -0.155. The van der Waals surface area contributed by atoms with Crippen molar-refractivity contribution in [1.29, 1.82) is 0 Å². The number of aliphatic hydroxyl groups is 1. The van der Waals surface area contributed by atoms with Crippen LogP contribution in [-0.2, 0) is 0 Å². The lowest BCUT2D eigenvalue weighted by Crippen LogP contribution is -2.32. The van der Waals surface area contributed by atoms with Crippen molar-refractivity contribution in [3.63, 3.8) is 0 Å². The van der Waals surface area contributed by atoms with Crippen LogP contribution in [0.2, 0.25) is 0 Å². The summed E-state index contributed by atoms with van der Waals surface area (Å²) in [5.41, 5.74) is -0.794. The number of nitrogens with zero attached hydrogens (tertiary/aromatic N) is 2. The van der Waals surface area contributed by atoms with E-state index in [1.54, 1.807) is 6.92 Å². The first-order chi connectivity index (χ1) is 6.53. The second-order valence-electron chi connectivity index (χ2n) is 3.43. The lowest BCUT2D eigenvalue weighted by molar-refractivity contribution is 0.0695. The van der Waals surface area contributed by atoms with Gasteiger partial charge in [0.2, 0.25) is 5.95 Å². The second-order valence-corrected chi connectivity index (χ2v) is 3.43. The molecule has 14 heavy (non-hydrogen) atoms. The van der Waals surface area contributed by atoms with Gasteiger partial charge in [-0.2, -0.15) is 0 Å². The van der Waals surface area contributed by atoms with Crippen molar-refractivity contribution < 1.29 is 9.50 Å². The van der Waals surface area contributed by atoms with Crippen molar-refractivity contribution in [3.05, 3.63) is 18.2 Å². The molecule has 1 atom stereocenters. The van der Waals surface area contributed by atoms with Crippen LogP contribution < -0.4 is 5.32 Å². The average molecular weight is 199 g/mol. The Balaban J connectivity index is 2.50. The number of aromatic nitrogens is 2. The molecule has 0 radical (unpaired) electrons. The fourth-order valence-electron chi connectivity index (χ4n) is 0.798. The summed E-state index contributed by atoms with van der Waals surface area (Å²) >= 11 is 0. The highest BCUT2D eigenvalue weighted by atomic mass is 19.1. The third kappa shape index (κ3) is 3.26. The largest absolute Gasteiger partial charge is 0.388 e. The Morgan fingerprint density at radius 1 is 1.50 bits per heavy atom. The predicted molar refractivity (Wildman–Crippen MR) is 51.4 cm³/mol. The van der Waals surface area contributed by atoms with Crippen LogP contribution in [0.15, 0.2) is 12.4 Å². The zero-order valence-electron chi connectivity index (χ0n) is 8.29. The molecular weight excluding hydrogens is 185 g/mol. The summed E-state index contributed by atoms with van der Waals surface area (Å²) in [6.45, 7) is 3.94. The highest BCUT2D eigenvalue weighted by Gasteiger charge is 2.17. The molecule has 4 nitrogen and oxygen atoms in total. The van der Waals surface area contributed by atoms with Gasteiger partial charge in [-0.1, -0.05) is 6.92 Å². The zero-order chi connectivity index (χ0) is 10.6. The molecule has 1 rings (SSSR count). The van der Waals surface area contributed by atoms with E-state index < -0.39 is 11.4 Å². The van der Waals surface area contributed by atoms with E-state index in [9.17, 15) is 9.50 Å². The molecular formula is C9H14FN3O. The van der Waals surface area contributed by atoms with Crippen molar-refractivity contribution in [3.8, 4) is 0 Å². The van der Waals surface area contributed by atoms with Crippen molar-refractivity contribution >= 4 is 5.95 Å². The number of anilines is 1. The van der Waals surface area contributed by atoms with Crippen molar-refractivity contribution in [2.45, 2.75) is 25.9 Å². The third-order valence-corrected chi connectivity index (χ3v) is 2.01.